The van der Waals surface area contributed by atoms with Crippen molar-refractivity contribution < 1.29 is 13.2 Å². The van der Waals surface area contributed by atoms with Crippen LogP contribution in [0.15, 0.2) is 83.8 Å². The average molecular weight is 397 g/mol. The van der Waals surface area contributed by atoms with Crippen LogP contribution in [0.3, 0.4) is 0 Å². The van der Waals surface area contributed by atoms with Crippen molar-refractivity contribution in [3.8, 4) is 5.75 Å². The van der Waals surface area contributed by atoms with Crippen LogP contribution in [0, 0.1) is 0 Å². The van der Waals surface area contributed by atoms with E-state index in [9.17, 15) is 8.42 Å². The predicted molar refractivity (Wildman–Crippen MR) is 110 cm³/mol. The first-order valence-electron chi connectivity index (χ1n) is 9.09. The van der Waals surface area contributed by atoms with Gasteiger partial charge in [-0.05, 0) is 53.9 Å². The molecule has 3 aromatic rings. The van der Waals surface area contributed by atoms with Crippen LogP contribution >= 0.6 is 0 Å². The molecule has 3 rings (SSSR count). The number of benzene rings is 3. The molecule has 3 aromatic carbocycles. The number of sulfonamides is 1. The Hall–Kier alpha value is -2.67. The van der Waals surface area contributed by atoms with Crippen molar-refractivity contribution in [1.82, 2.24) is 5.32 Å². The van der Waals surface area contributed by atoms with Gasteiger partial charge in [0.25, 0.3) is 0 Å². The predicted octanol–water partition coefficient (Wildman–Crippen LogP) is 3.25. The zero-order valence-electron chi connectivity index (χ0n) is 15.5. The van der Waals surface area contributed by atoms with Crippen molar-refractivity contribution in [2.24, 2.45) is 5.14 Å². The molecule has 0 aliphatic rings. The second-order valence-corrected chi connectivity index (χ2v) is 8.10. The van der Waals surface area contributed by atoms with E-state index in [1.54, 1.807) is 12.1 Å². The molecule has 0 bridgehead atoms. The van der Waals surface area contributed by atoms with Gasteiger partial charge in [0, 0.05) is 6.54 Å². The monoisotopic (exact) mass is 396 g/mol. The molecular formula is C22H24N2O3S. The van der Waals surface area contributed by atoms with Gasteiger partial charge in [0.05, 0.1) is 4.90 Å². The first-order chi connectivity index (χ1) is 13.5. The maximum atomic E-state index is 11.3. The molecule has 0 unspecified atom stereocenters. The summed E-state index contributed by atoms with van der Waals surface area (Å²) in [5, 5.41) is 8.51. The summed E-state index contributed by atoms with van der Waals surface area (Å²) in [6, 6.07) is 24.8. The van der Waals surface area contributed by atoms with Crippen molar-refractivity contribution in [3.05, 3.63) is 95.6 Å². The molecular weight excluding hydrogens is 372 g/mol. The van der Waals surface area contributed by atoms with Crippen molar-refractivity contribution in [3.63, 3.8) is 0 Å². The molecule has 0 saturated carbocycles. The first-order valence-corrected chi connectivity index (χ1v) is 10.6. The molecule has 0 heterocycles. The highest BCUT2D eigenvalue weighted by Crippen LogP contribution is 2.15. The highest BCUT2D eigenvalue weighted by atomic mass is 32.2. The SMILES string of the molecule is NS(=O)(=O)c1ccc(CCNCc2cccc(OCc3ccccc3)c2)cc1. The summed E-state index contributed by atoms with van der Waals surface area (Å²) in [5.41, 5.74) is 3.34. The van der Waals surface area contributed by atoms with Crippen LogP contribution in [0.1, 0.15) is 16.7 Å². The summed E-state index contributed by atoms with van der Waals surface area (Å²) in [7, 11) is -3.63. The third-order valence-electron chi connectivity index (χ3n) is 4.32. The number of primary sulfonamides is 1. The van der Waals surface area contributed by atoms with E-state index in [4.69, 9.17) is 9.88 Å². The fraction of sp³-hybridized carbons (Fsp3) is 0.182. The van der Waals surface area contributed by atoms with E-state index >= 15 is 0 Å². The molecule has 5 nitrogen and oxygen atoms in total. The average Bonchev–Trinajstić information content (AvgIpc) is 2.70. The number of rotatable bonds is 9. The van der Waals surface area contributed by atoms with Crippen LogP contribution in [-0.2, 0) is 29.6 Å². The molecule has 0 fully saturated rings. The number of nitrogens with two attached hydrogens (primary N) is 1. The molecule has 146 valence electrons. The van der Waals surface area contributed by atoms with Gasteiger partial charge in [0.15, 0.2) is 0 Å². The summed E-state index contributed by atoms with van der Waals surface area (Å²) < 4.78 is 28.4. The fourth-order valence-electron chi connectivity index (χ4n) is 2.80. The molecule has 0 amide bonds. The van der Waals surface area contributed by atoms with Crippen LogP contribution < -0.4 is 15.2 Å². The second kappa shape index (κ2) is 9.50. The van der Waals surface area contributed by atoms with E-state index in [0.29, 0.717) is 6.61 Å². The normalized spacial score (nSPS) is 11.3. The maximum absolute atomic E-state index is 11.3. The molecule has 6 heteroatoms. The molecule has 3 N–H and O–H groups in total. The Kier molecular flexibility index (Phi) is 6.81. The number of hydrogen-bond acceptors (Lipinski definition) is 4. The van der Waals surface area contributed by atoms with Crippen LogP contribution in [0.5, 0.6) is 5.75 Å². The summed E-state index contributed by atoms with van der Waals surface area (Å²) in [6.07, 6.45) is 0.801. The van der Waals surface area contributed by atoms with Crippen LogP contribution in [-0.4, -0.2) is 15.0 Å². The summed E-state index contributed by atoms with van der Waals surface area (Å²) in [5.74, 6) is 0.849. The topological polar surface area (TPSA) is 81.4 Å². The third-order valence-corrected chi connectivity index (χ3v) is 5.25. The van der Waals surface area contributed by atoms with Crippen LogP contribution in [0.25, 0.3) is 0 Å². The van der Waals surface area contributed by atoms with Gasteiger partial charge in [-0.2, -0.15) is 0 Å². The summed E-state index contributed by atoms with van der Waals surface area (Å²) in [6.45, 7) is 2.06. The Balaban J connectivity index is 1.44. The van der Waals surface area contributed by atoms with Crippen molar-refractivity contribution in [1.29, 1.82) is 0 Å². The Morgan fingerprint density at radius 2 is 1.54 bits per heavy atom. The van der Waals surface area contributed by atoms with E-state index in [-0.39, 0.29) is 4.90 Å². The van der Waals surface area contributed by atoms with Gasteiger partial charge in [-0.3, -0.25) is 0 Å². The lowest BCUT2D eigenvalue weighted by Crippen LogP contribution is -2.17. The molecule has 0 radical (unpaired) electrons. The second-order valence-electron chi connectivity index (χ2n) is 6.54. The van der Waals surface area contributed by atoms with Crippen LogP contribution in [0.2, 0.25) is 0 Å². The summed E-state index contributed by atoms with van der Waals surface area (Å²) in [4.78, 5) is 0.136. The Morgan fingerprint density at radius 1 is 0.821 bits per heavy atom. The minimum absolute atomic E-state index is 0.136. The number of nitrogens with one attached hydrogen (secondary N) is 1. The lowest BCUT2D eigenvalue weighted by atomic mass is 10.1. The third kappa shape index (κ3) is 6.20. The van der Waals surface area contributed by atoms with E-state index in [2.05, 4.69) is 11.4 Å². The maximum Gasteiger partial charge on any atom is 0.238 e. The molecule has 0 spiro atoms. The molecule has 0 atom stereocenters. The smallest absolute Gasteiger partial charge is 0.238 e. The van der Waals surface area contributed by atoms with Gasteiger partial charge in [-0.1, -0.05) is 54.6 Å². The van der Waals surface area contributed by atoms with Crippen molar-refractivity contribution >= 4 is 10.0 Å². The van der Waals surface area contributed by atoms with E-state index in [1.165, 1.54) is 12.1 Å². The fourth-order valence-corrected chi connectivity index (χ4v) is 3.31. The van der Waals surface area contributed by atoms with E-state index in [0.717, 1.165) is 42.0 Å². The Morgan fingerprint density at radius 3 is 2.25 bits per heavy atom. The molecule has 0 saturated heterocycles. The van der Waals surface area contributed by atoms with E-state index in [1.807, 2.05) is 48.5 Å². The van der Waals surface area contributed by atoms with Gasteiger partial charge in [-0.15, -0.1) is 0 Å². The number of hydrogen-bond donors (Lipinski definition) is 2. The molecule has 28 heavy (non-hydrogen) atoms. The van der Waals surface area contributed by atoms with E-state index < -0.39 is 10.0 Å². The lowest BCUT2D eigenvalue weighted by Gasteiger charge is -2.09. The highest BCUT2D eigenvalue weighted by Gasteiger charge is 2.06. The standard InChI is InChI=1S/C22H24N2O3S/c23-28(25,26)22-11-9-18(10-12-22)13-14-24-16-20-7-4-8-21(15-20)27-17-19-5-2-1-3-6-19/h1-12,15,24H,13-14,16-17H2,(H2,23,25,26). The Bertz CT molecular complexity index is 988. The minimum atomic E-state index is -3.63. The summed E-state index contributed by atoms with van der Waals surface area (Å²) >= 11 is 0. The van der Waals surface area contributed by atoms with Crippen LogP contribution in [0.4, 0.5) is 0 Å². The number of ether oxygens (including phenoxy) is 1. The van der Waals surface area contributed by atoms with Gasteiger partial charge >= 0.3 is 0 Å². The van der Waals surface area contributed by atoms with Crippen molar-refractivity contribution in [2.45, 2.75) is 24.5 Å². The van der Waals surface area contributed by atoms with Gasteiger partial charge in [0.1, 0.15) is 12.4 Å². The zero-order valence-corrected chi connectivity index (χ0v) is 16.4. The van der Waals surface area contributed by atoms with Gasteiger partial charge < -0.3 is 10.1 Å². The van der Waals surface area contributed by atoms with Gasteiger partial charge in [0.2, 0.25) is 10.0 Å². The molecule has 0 aliphatic heterocycles. The molecule has 0 aliphatic carbocycles. The van der Waals surface area contributed by atoms with Gasteiger partial charge in [-0.25, -0.2) is 13.6 Å². The first kappa shape index (κ1) is 20.1. The quantitative estimate of drug-likeness (QED) is 0.544. The minimum Gasteiger partial charge on any atom is -0.489 e. The lowest BCUT2D eigenvalue weighted by molar-refractivity contribution is 0.306. The highest BCUT2D eigenvalue weighted by molar-refractivity contribution is 7.89. The zero-order chi connectivity index (χ0) is 19.8. The largest absolute Gasteiger partial charge is 0.489 e. The van der Waals surface area contributed by atoms with Crippen molar-refractivity contribution in [2.75, 3.05) is 6.54 Å². The molecule has 0 aromatic heterocycles. The Labute approximate surface area is 166 Å².